The van der Waals surface area contributed by atoms with E-state index in [4.69, 9.17) is 34.8 Å². The number of anilines is 1. The number of nitrogens with one attached hydrogen (secondary N) is 3. The Morgan fingerprint density at radius 2 is 1.68 bits per heavy atom. The van der Waals surface area contributed by atoms with E-state index >= 15 is 0 Å². The van der Waals surface area contributed by atoms with Gasteiger partial charge in [0.25, 0.3) is 15.9 Å². The van der Waals surface area contributed by atoms with Gasteiger partial charge in [-0.15, -0.1) is 0 Å². The van der Waals surface area contributed by atoms with Gasteiger partial charge in [-0.25, -0.2) is 9.37 Å². The molecule has 1 atom stereocenters. The van der Waals surface area contributed by atoms with Crippen molar-refractivity contribution in [3.63, 3.8) is 0 Å². The van der Waals surface area contributed by atoms with Crippen molar-refractivity contribution in [2.24, 2.45) is 0 Å². The second kappa shape index (κ2) is 13.4. The van der Waals surface area contributed by atoms with Gasteiger partial charge in [0.05, 0.1) is 37.6 Å². The van der Waals surface area contributed by atoms with Gasteiger partial charge in [-0.2, -0.15) is 12.8 Å². The lowest BCUT2D eigenvalue weighted by Crippen LogP contribution is -2.48. The number of amides is 2. The highest BCUT2D eigenvalue weighted by atomic mass is 35.5. The summed E-state index contributed by atoms with van der Waals surface area (Å²) in [6, 6.07) is 14.9. The molecule has 5 rings (SSSR count). The summed E-state index contributed by atoms with van der Waals surface area (Å²) in [5, 5.41) is 6.21. The number of sulfonamides is 1. The molecule has 9 nitrogen and oxygen atoms in total. The van der Waals surface area contributed by atoms with Crippen LogP contribution in [0.5, 0.6) is 0 Å². The molecule has 0 fully saturated rings. The molecule has 2 heterocycles. The highest BCUT2D eigenvalue weighted by Crippen LogP contribution is 2.28. The number of benzene rings is 3. The summed E-state index contributed by atoms with van der Waals surface area (Å²) >= 11 is 19.5. The first-order valence-corrected chi connectivity index (χ1v) is 16.2. The van der Waals surface area contributed by atoms with Crippen LogP contribution >= 0.6 is 46.3 Å². The fraction of sp³-hybridized carbons (Fsp3) is 0.103. The topological polar surface area (TPSA) is 130 Å². The van der Waals surface area contributed by atoms with Crippen LogP contribution in [-0.4, -0.2) is 35.6 Å². The van der Waals surface area contributed by atoms with Crippen molar-refractivity contribution in [3.05, 3.63) is 117 Å². The third-order valence-corrected chi connectivity index (χ3v) is 9.46. The van der Waals surface area contributed by atoms with Gasteiger partial charge in [0, 0.05) is 24.2 Å². The number of hydrogen-bond donors (Lipinski definition) is 3. The van der Waals surface area contributed by atoms with Crippen LogP contribution in [0.3, 0.4) is 0 Å². The van der Waals surface area contributed by atoms with Gasteiger partial charge in [0.2, 0.25) is 5.91 Å². The number of nitrogens with zero attached hydrogens (tertiary/aromatic N) is 2. The molecule has 0 aliphatic rings. The number of aromatic nitrogens is 2. The second-order valence-electron chi connectivity index (χ2n) is 9.47. The Morgan fingerprint density at radius 1 is 0.932 bits per heavy atom. The predicted molar refractivity (Wildman–Crippen MR) is 169 cm³/mol. The van der Waals surface area contributed by atoms with Gasteiger partial charge >= 0.3 is 0 Å². The zero-order valence-corrected chi connectivity index (χ0v) is 26.3. The summed E-state index contributed by atoms with van der Waals surface area (Å²) in [6.45, 7) is 0.0643. The van der Waals surface area contributed by atoms with E-state index in [1.165, 1.54) is 54.9 Å². The molecule has 0 aliphatic heterocycles. The van der Waals surface area contributed by atoms with Crippen molar-refractivity contribution in [1.82, 2.24) is 20.0 Å². The molecule has 3 aromatic carbocycles. The average Bonchev–Trinajstić information content (AvgIpc) is 3.47. The van der Waals surface area contributed by atoms with Crippen molar-refractivity contribution >= 4 is 83.9 Å². The highest BCUT2D eigenvalue weighted by molar-refractivity contribution is 7.92. The van der Waals surface area contributed by atoms with Crippen LogP contribution in [0.4, 0.5) is 10.1 Å². The van der Waals surface area contributed by atoms with Crippen molar-refractivity contribution in [3.8, 4) is 0 Å². The number of pyridine rings is 1. The Morgan fingerprint density at radius 3 is 2.43 bits per heavy atom. The lowest BCUT2D eigenvalue weighted by molar-refractivity contribution is -0.123. The van der Waals surface area contributed by atoms with Crippen molar-refractivity contribution in [2.45, 2.75) is 24.0 Å². The van der Waals surface area contributed by atoms with Gasteiger partial charge in [-0.3, -0.25) is 14.3 Å². The maximum atomic E-state index is 13.6. The Labute approximate surface area is 270 Å². The lowest BCUT2D eigenvalue weighted by atomic mass is 10.0. The van der Waals surface area contributed by atoms with E-state index in [0.29, 0.717) is 26.2 Å². The molecule has 0 spiro atoms. The summed E-state index contributed by atoms with van der Waals surface area (Å²) in [7, 11) is -4.29. The standard InChI is InChI=1S/C29H21Cl3FN5O4S2/c30-18-4-7-20(24(13-18)38-44(41,42)29-21-15-36-43-26(21)9-10-34-29)27(39)37-25(12-17-3-8-22(31)23(32)11-17)28(40)35-14-16-1-5-19(33)6-2-16/h1-11,13,15,25,38H,12,14H2,(H,35,40)(H,37,39)/t25-/m0/s1. The van der Waals surface area contributed by atoms with E-state index in [1.807, 2.05) is 0 Å². The normalized spacial score (nSPS) is 12.1. The second-order valence-corrected chi connectivity index (χ2v) is 13.2. The predicted octanol–water partition coefficient (Wildman–Crippen LogP) is 6.25. The molecule has 5 aromatic rings. The first-order valence-electron chi connectivity index (χ1n) is 12.8. The zero-order chi connectivity index (χ0) is 31.4. The summed E-state index contributed by atoms with van der Waals surface area (Å²) in [6.07, 6.45) is 2.76. The van der Waals surface area contributed by atoms with Gasteiger partial charge in [0.15, 0.2) is 5.03 Å². The average molecular weight is 693 g/mol. The van der Waals surface area contributed by atoms with Crippen LogP contribution in [0.1, 0.15) is 21.5 Å². The fourth-order valence-electron chi connectivity index (χ4n) is 4.24. The van der Waals surface area contributed by atoms with Crippen LogP contribution in [0.25, 0.3) is 10.1 Å². The Balaban J connectivity index is 1.42. The maximum absolute atomic E-state index is 13.6. The molecule has 15 heteroatoms. The van der Waals surface area contributed by atoms with E-state index in [2.05, 4.69) is 24.7 Å². The van der Waals surface area contributed by atoms with Gasteiger partial charge in [-0.05, 0) is 71.2 Å². The summed E-state index contributed by atoms with van der Waals surface area (Å²) < 4.78 is 47.1. The third-order valence-electron chi connectivity index (χ3n) is 6.40. The van der Waals surface area contributed by atoms with Crippen LogP contribution in [0.2, 0.25) is 15.1 Å². The van der Waals surface area contributed by atoms with Crippen molar-refractivity contribution < 1.29 is 22.4 Å². The van der Waals surface area contributed by atoms with Crippen LogP contribution in [0.15, 0.2) is 84.1 Å². The molecular weight excluding hydrogens is 672 g/mol. The van der Waals surface area contributed by atoms with Crippen molar-refractivity contribution in [2.75, 3.05) is 4.72 Å². The van der Waals surface area contributed by atoms with Gasteiger partial charge < -0.3 is 10.6 Å². The molecule has 2 amide bonds. The maximum Gasteiger partial charge on any atom is 0.280 e. The largest absolute Gasteiger partial charge is 0.350 e. The third kappa shape index (κ3) is 7.45. The van der Waals surface area contributed by atoms with E-state index in [0.717, 1.165) is 11.5 Å². The van der Waals surface area contributed by atoms with Crippen LogP contribution in [0, 0.1) is 5.82 Å². The first-order chi connectivity index (χ1) is 21.0. The lowest BCUT2D eigenvalue weighted by Gasteiger charge is -2.20. The summed E-state index contributed by atoms with van der Waals surface area (Å²) in [4.78, 5) is 31.0. The van der Waals surface area contributed by atoms with Crippen molar-refractivity contribution in [1.29, 1.82) is 0 Å². The molecule has 44 heavy (non-hydrogen) atoms. The molecule has 0 saturated carbocycles. The molecule has 3 N–H and O–H groups in total. The minimum atomic E-state index is -4.29. The summed E-state index contributed by atoms with van der Waals surface area (Å²) in [5.41, 5.74) is 1.01. The first kappa shape index (κ1) is 31.6. The molecular formula is C29H21Cl3FN5O4S2. The monoisotopic (exact) mass is 691 g/mol. The smallest absolute Gasteiger partial charge is 0.280 e. The number of fused-ring (bicyclic) bond motifs is 1. The number of halogens is 4. The van der Waals surface area contributed by atoms with E-state index in [1.54, 1.807) is 24.3 Å². The SMILES string of the molecule is O=C(N[C@@H](Cc1ccc(Cl)c(Cl)c1)C(=O)NCc1ccc(F)cc1)c1ccc(Cl)cc1NS(=O)(=O)c1nccc2sncc12. The summed E-state index contributed by atoms with van der Waals surface area (Å²) in [5.74, 6) is -1.73. The Hall–Kier alpha value is -3.81. The minimum absolute atomic E-state index is 0.0175. The Bertz CT molecular complexity index is 1970. The molecule has 2 aromatic heterocycles. The molecule has 0 unspecified atom stereocenters. The van der Waals surface area contributed by atoms with Crippen LogP contribution in [-0.2, 0) is 27.8 Å². The quantitative estimate of drug-likeness (QED) is 0.159. The van der Waals surface area contributed by atoms with E-state index in [-0.39, 0.29) is 39.3 Å². The molecule has 0 aliphatic carbocycles. The Kier molecular flexibility index (Phi) is 9.66. The number of hydrogen-bond acceptors (Lipinski definition) is 7. The number of carbonyl (C=O) groups excluding carboxylic acids is 2. The fourth-order valence-corrected chi connectivity index (χ4v) is 6.65. The molecule has 0 saturated heterocycles. The van der Waals surface area contributed by atoms with E-state index < -0.39 is 33.7 Å². The van der Waals surface area contributed by atoms with E-state index in [9.17, 15) is 22.4 Å². The highest BCUT2D eigenvalue weighted by Gasteiger charge is 2.26. The minimum Gasteiger partial charge on any atom is -0.350 e. The molecule has 226 valence electrons. The number of rotatable bonds is 10. The van der Waals surface area contributed by atoms with Crippen LogP contribution < -0.4 is 15.4 Å². The molecule has 0 radical (unpaired) electrons. The van der Waals surface area contributed by atoms with Gasteiger partial charge in [-0.1, -0.05) is 53.0 Å². The number of carbonyl (C=O) groups is 2. The molecule has 0 bridgehead atoms. The zero-order valence-electron chi connectivity index (χ0n) is 22.4. The van der Waals surface area contributed by atoms with Gasteiger partial charge in [0.1, 0.15) is 11.9 Å².